The van der Waals surface area contributed by atoms with E-state index in [1.165, 1.54) is 16.0 Å². The van der Waals surface area contributed by atoms with Crippen LogP contribution < -0.4 is 4.74 Å². The molecule has 6 heteroatoms. The molecule has 0 bridgehead atoms. The summed E-state index contributed by atoms with van der Waals surface area (Å²) in [6.45, 7) is 14.0. The first-order valence-corrected chi connectivity index (χ1v) is 12.9. The van der Waals surface area contributed by atoms with Crippen molar-refractivity contribution in [2.75, 3.05) is 26.2 Å². The number of thiophene rings is 1. The summed E-state index contributed by atoms with van der Waals surface area (Å²) in [5.41, 5.74) is 3.47. The molecule has 1 aliphatic heterocycles. The lowest BCUT2D eigenvalue weighted by Crippen LogP contribution is -2.49. The van der Waals surface area contributed by atoms with E-state index in [2.05, 4.69) is 38.3 Å². The van der Waals surface area contributed by atoms with Gasteiger partial charge in [-0.2, -0.15) is 0 Å². The predicted octanol–water partition coefficient (Wildman–Crippen LogP) is 5.40. The second-order valence-corrected chi connectivity index (χ2v) is 10.6. The average Bonchev–Trinajstić information content (AvgIpc) is 3.26. The van der Waals surface area contributed by atoms with Gasteiger partial charge in [-0.3, -0.25) is 9.59 Å². The van der Waals surface area contributed by atoms with E-state index in [9.17, 15) is 9.59 Å². The maximum absolute atomic E-state index is 13.6. The van der Waals surface area contributed by atoms with Crippen LogP contribution in [-0.4, -0.2) is 47.9 Å². The zero-order valence-corrected chi connectivity index (χ0v) is 21.7. The van der Waals surface area contributed by atoms with E-state index in [4.69, 9.17) is 4.74 Å². The second kappa shape index (κ2) is 11.2. The lowest BCUT2D eigenvalue weighted by molar-refractivity contribution is -0.144. The van der Waals surface area contributed by atoms with Crippen LogP contribution in [0.1, 0.15) is 61.7 Å². The SMILES string of the molecule is CCC(C)CN(CC(=O)N1CCc2sccc2C1COc1ccc(C)cc1C)C(=O)C(C)C. The van der Waals surface area contributed by atoms with E-state index >= 15 is 0 Å². The first kappa shape index (κ1) is 25.3. The van der Waals surface area contributed by atoms with Gasteiger partial charge in [-0.15, -0.1) is 11.3 Å². The fraction of sp³-hybridized carbons (Fsp3) is 0.556. The first-order valence-electron chi connectivity index (χ1n) is 12.1. The second-order valence-electron chi connectivity index (χ2n) is 9.62. The van der Waals surface area contributed by atoms with Crippen molar-refractivity contribution < 1.29 is 14.3 Å². The third kappa shape index (κ3) is 6.17. The summed E-state index contributed by atoms with van der Waals surface area (Å²) in [7, 11) is 0. The quantitative estimate of drug-likeness (QED) is 0.493. The van der Waals surface area contributed by atoms with Crippen LogP contribution in [-0.2, 0) is 16.0 Å². The number of aryl methyl sites for hydroxylation is 2. The fourth-order valence-corrected chi connectivity index (χ4v) is 5.29. The van der Waals surface area contributed by atoms with E-state index in [1.807, 2.05) is 37.8 Å². The zero-order chi connectivity index (χ0) is 24.1. The van der Waals surface area contributed by atoms with E-state index in [0.29, 0.717) is 25.6 Å². The minimum atomic E-state index is -0.146. The van der Waals surface area contributed by atoms with Crippen molar-refractivity contribution in [3.8, 4) is 5.75 Å². The number of hydrogen-bond acceptors (Lipinski definition) is 4. The molecule has 2 atom stereocenters. The number of amides is 2. The molecule has 1 aromatic carbocycles. The molecular formula is C27H38N2O3S. The maximum Gasteiger partial charge on any atom is 0.242 e. The molecule has 2 unspecified atom stereocenters. The van der Waals surface area contributed by atoms with Crippen LogP contribution in [0.3, 0.4) is 0 Å². The number of nitrogens with zero attached hydrogens (tertiary/aromatic N) is 2. The summed E-state index contributed by atoms with van der Waals surface area (Å²) in [5.74, 6) is 1.12. The van der Waals surface area contributed by atoms with Crippen LogP contribution in [0.25, 0.3) is 0 Å². The van der Waals surface area contributed by atoms with Crippen LogP contribution in [0, 0.1) is 25.7 Å². The molecule has 0 N–H and O–H groups in total. The van der Waals surface area contributed by atoms with Gasteiger partial charge in [0, 0.05) is 23.9 Å². The van der Waals surface area contributed by atoms with E-state index in [0.717, 1.165) is 24.2 Å². The van der Waals surface area contributed by atoms with E-state index < -0.39 is 0 Å². The molecule has 0 fully saturated rings. The summed E-state index contributed by atoms with van der Waals surface area (Å²) in [6.07, 6.45) is 1.83. The molecule has 5 nitrogen and oxygen atoms in total. The van der Waals surface area contributed by atoms with Gasteiger partial charge in [-0.05, 0) is 54.8 Å². The van der Waals surface area contributed by atoms with Gasteiger partial charge in [0.1, 0.15) is 12.4 Å². The molecule has 0 saturated carbocycles. The molecule has 2 heterocycles. The normalized spacial score (nSPS) is 16.5. The Bertz CT molecular complexity index is 968. The Labute approximate surface area is 202 Å². The molecule has 180 valence electrons. The van der Waals surface area contributed by atoms with Gasteiger partial charge in [-0.25, -0.2) is 0 Å². The van der Waals surface area contributed by atoms with Crippen LogP contribution in [0.2, 0.25) is 0 Å². The highest BCUT2D eigenvalue weighted by atomic mass is 32.1. The Morgan fingerprint density at radius 3 is 2.64 bits per heavy atom. The van der Waals surface area contributed by atoms with Crippen LogP contribution in [0.4, 0.5) is 0 Å². The Morgan fingerprint density at radius 2 is 1.97 bits per heavy atom. The molecule has 0 spiro atoms. The van der Waals surface area contributed by atoms with Crippen LogP contribution in [0.5, 0.6) is 5.75 Å². The van der Waals surface area contributed by atoms with Crippen molar-refractivity contribution in [1.82, 2.24) is 9.80 Å². The van der Waals surface area contributed by atoms with Crippen molar-refractivity contribution in [3.63, 3.8) is 0 Å². The third-order valence-corrected chi connectivity index (χ3v) is 7.50. The molecule has 2 aromatic rings. The molecule has 0 aliphatic carbocycles. The van der Waals surface area contributed by atoms with Crippen LogP contribution in [0.15, 0.2) is 29.6 Å². The van der Waals surface area contributed by atoms with Gasteiger partial charge in [0.05, 0.1) is 12.6 Å². The zero-order valence-electron chi connectivity index (χ0n) is 20.9. The summed E-state index contributed by atoms with van der Waals surface area (Å²) in [6, 6.07) is 8.13. The lowest BCUT2D eigenvalue weighted by Gasteiger charge is -2.37. The van der Waals surface area contributed by atoms with Crippen molar-refractivity contribution in [3.05, 3.63) is 51.2 Å². The molecule has 3 rings (SSSR count). The van der Waals surface area contributed by atoms with Crippen LogP contribution >= 0.6 is 11.3 Å². The third-order valence-electron chi connectivity index (χ3n) is 6.50. The molecule has 33 heavy (non-hydrogen) atoms. The van der Waals surface area contributed by atoms with Gasteiger partial charge in [0.2, 0.25) is 11.8 Å². The number of rotatable bonds is 9. The highest BCUT2D eigenvalue weighted by molar-refractivity contribution is 7.10. The number of ether oxygens (including phenoxy) is 1. The Kier molecular flexibility index (Phi) is 8.57. The Balaban J connectivity index is 1.79. The van der Waals surface area contributed by atoms with Crippen molar-refractivity contribution >= 4 is 23.2 Å². The highest BCUT2D eigenvalue weighted by Gasteiger charge is 2.34. The smallest absolute Gasteiger partial charge is 0.242 e. The maximum atomic E-state index is 13.6. The highest BCUT2D eigenvalue weighted by Crippen LogP contribution is 2.34. The number of carbonyl (C=O) groups excluding carboxylic acids is 2. The summed E-state index contributed by atoms with van der Waals surface area (Å²) < 4.78 is 6.24. The Hall–Kier alpha value is -2.34. The number of fused-ring (bicyclic) bond motifs is 1. The molecule has 2 amide bonds. The molecule has 0 radical (unpaired) electrons. The van der Waals surface area contributed by atoms with E-state index in [1.54, 1.807) is 16.2 Å². The largest absolute Gasteiger partial charge is 0.491 e. The minimum Gasteiger partial charge on any atom is -0.491 e. The van der Waals surface area contributed by atoms with Gasteiger partial charge in [-0.1, -0.05) is 51.8 Å². The van der Waals surface area contributed by atoms with Crippen molar-refractivity contribution in [1.29, 1.82) is 0 Å². The topological polar surface area (TPSA) is 49.9 Å². The fourth-order valence-electron chi connectivity index (χ4n) is 4.36. The van der Waals surface area contributed by atoms with Gasteiger partial charge in [0.25, 0.3) is 0 Å². The summed E-state index contributed by atoms with van der Waals surface area (Å²) >= 11 is 1.75. The lowest BCUT2D eigenvalue weighted by atomic mass is 10.00. The summed E-state index contributed by atoms with van der Waals surface area (Å²) in [4.78, 5) is 31.4. The minimum absolute atomic E-state index is 0.00150. The summed E-state index contributed by atoms with van der Waals surface area (Å²) in [5, 5.41) is 2.10. The number of carbonyl (C=O) groups is 2. The molecule has 0 saturated heterocycles. The molecular weight excluding hydrogens is 432 g/mol. The predicted molar refractivity (Wildman–Crippen MR) is 135 cm³/mol. The molecule has 1 aliphatic rings. The van der Waals surface area contributed by atoms with Crippen molar-refractivity contribution in [2.24, 2.45) is 11.8 Å². The van der Waals surface area contributed by atoms with Crippen molar-refractivity contribution in [2.45, 2.75) is 60.4 Å². The average molecular weight is 471 g/mol. The standard InChI is InChI=1S/C27H38N2O3S/c1-7-19(4)15-28(27(31)18(2)3)16-26(30)29-12-10-25-22(11-13-33-25)23(29)17-32-24-9-8-20(5)14-21(24)6/h8-9,11,13-14,18-19,23H,7,10,12,15-17H2,1-6H3. The van der Waals surface area contributed by atoms with Gasteiger partial charge in [0.15, 0.2) is 0 Å². The monoisotopic (exact) mass is 470 g/mol. The Morgan fingerprint density at radius 1 is 1.21 bits per heavy atom. The first-order chi connectivity index (χ1) is 15.7. The van der Waals surface area contributed by atoms with Gasteiger partial charge >= 0.3 is 0 Å². The number of hydrogen-bond donors (Lipinski definition) is 0. The number of benzene rings is 1. The molecule has 1 aromatic heterocycles. The van der Waals surface area contributed by atoms with E-state index in [-0.39, 0.29) is 30.3 Å². The van der Waals surface area contributed by atoms with Gasteiger partial charge < -0.3 is 14.5 Å².